The molecule has 0 saturated carbocycles. The van der Waals surface area contributed by atoms with Gasteiger partial charge in [-0.25, -0.2) is 4.98 Å². The number of aryl methyl sites for hydroxylation is 1. The highest BCUT2D eigenvalue weighted by Gasteiger charge is 2.20. The zero-order valence-corrected chi connectivity index (χ0v) is 19.0. The quantitative estimate of drug-likeness (QED) is 0.422. The second-order valence-corrected chi connectivity index (χ2v) is 9.03. The van der Waals surface area contributed by atoms with Gasteiger partial charge in [-0.3, -0.25) is 9.89 Å². The third-order valence-corrected chi connectivity index (χ3v) is 6.45. The van der Waals surface area contributed by atoms with Crippen molar-refractivity contribution in [2.75, 3.05) is 39.3 Å². The Hall–Kier alpha value is -1.96. The van der Waals surface area contributed by atoms with Crippen molar-refractivity contribution >= 4 is 17.3 Å². The minimum atomic E-state index is 0.0271. The van der Waals surface area contributed by atoms with Gasteiger partial charge in [0.15, 0.2) is 5.96 Å². The highest BCUT2D eigenvalue weighted by molar-refractivity contribution is 7.09. The molecule has 7 heteroatoms. The number of guanidine groups is 1. The number of aliphatic imine (C=N–C) groups is 1. The van der Waals surface area contributed by atoms with Crippen molar-refractivity contribution < 1.29 is 5.11 Å². The Bertz CT molecular complexity index is 771. The molecule has 0 aliphatic carbocycles. The predicted molar refractivity (Wildman–Crippen MR) is 125 cm³/mol. The van der Waals surface area contributed by atoms with E-state index in [-0.39, 0.29) is 12.5 Å². The lowest BCUT2D eigenvalue weighted by Crippen LogP contribution is -2.43. The number of hydrogen-bond donors (Lipinski definition) is 3. The molecule has 1 aliphatic heterocycles. The van der Waals surface area contributed by atoms with E-state index in [1.165, 1.54) is 18.5 Å². The smallest absolute Gasteiger partial charge is 0.191 e. The number of nitrogens with zero attached hydrogens (tertiary/aromatic N) is 3. The van der Waals surface area contributed by atoms with E-state index < -0.39 is 0 Å². The number of benzene rings is 1. The molecule has 0 amide bonds. The van der Waals surface area contributed by atoms with E-state index in [1.807, 2.05) is 18.2 Å². The number of aliphatic hydroxyl groups excluding tert-OH is 1. The maximum Gasteiger partial charge on any atom is 0.191 e. The molecule has 2 heterocycles. The minimum Gasteiger partial charge on any atom is -0.396 e. The van der Waals surface area contributed by atoms with Crippen LogP contribution in [-0.4, -0.2) is 60.3 Å². The van der Waals surface area contributed by atoms with Crippen molar-refractivity contribution in [1.82, 2.24) is 20.5 Å². The molecule has 2 aromatic rings. The summed E-state index contributed by atoms with van der Waals surface area (Å²) in [7, 11) is 0. The second kappa shape index (κ2) is 12.0. The lowest BCUT2D eigenvalue weighted by molar-refractivity contribution is 0.176. The molecular weight excluding hydrogens is 394 g/mol. The Morgan fingerprint density at radius 1 is 1.27 bits per heavy atom. The van der Waals surface area contributed by atoms with E-state index in [0.717, 1.165) is 49.3 Å². The first-order valence-corrected chi connectivity index (χ1v) is 11.9. The highest BCUT2D eigenvalue weighted by Crippen LogP contribution is 2.19. The molecule has 1 atom stereocenters. The van der Waals surface area contributed by atoms with Crippen molar-refractivity contribution in [3.63, 3.8) is 0 Å². The van der Waals surface area contributed by atoms with Crippen LogP contribution in [0.25, 0.3) is 0 Å². The SMILES string of the molecule is CCNC(=NCC(CO)c1ccccc1)NCC1CCN(Cc2csc(C)n2)CC1. The number of aromatic nitrogens is 1. The van der Waals surface area contributed by atoms with Crippen LogP contribution >= 0.6 is 11.3 Å². The van der Waals surface area contributed by atoms with E-state index >= 15 is 0 Å². The van der Waals surface area contributed by atoms with Crippen LogP contribution in [0.3, 0.4) is 0 Å². The van der Waals surface area contributed by atoms with Crippen molar-refractivity contribution in [3.8, 4) is 0 Å². The van der Waals surface area contributed by atoms with Gasteiger partial charge in [-0.1, -0.05) is 30.3 Å². The first-order chi connectivity index (χ1) is 14.7. The molecule has 6 nitrogen and oxygen atoms in total. The van der Waals surface area contributed by atoms with E-state index in [0.29, 0.717) is 12.5 Å². The molecule has 1 aromatic carbocycles. The number of thiazole rings is 1. The van der Waals surface area contributed by atoms with Gasteiger partial charge in [0.1, 0.15) is 0 Å². The number of piperidine rings is 1. The first kappa shape index (κ1) is 22.7. The van der Waals surface area contributed by atoms with E-state index in [2.05, 4.69) is 51.9 Å². The maximum absolute atomic E-state index is 9.77. The first-order valence-electron chi connectivity index (χ1n) is 11.0. The topological polar surface area (TPSA) is 72.8 Å². The van der Waals surface area contributed by atoms with Crippen LogP contribution in [0.15, 0.2) is 40.7 Å². The predicted octanol–water partition coefficient (Wildman–Crippen LogP) is 2.99. The summed E-state index contributed by atoms with van der Waals surface area (Å²) in [5, 5.41) is 19.9. The highest BCUT2D eigenvalue weighted by atomic mass is 32.1. The molecule has 0 bridgehead atoms. The van der Waals surface area contributed by atoms with Gasteiger partial charge >= 0.3 is 0 Å². The minimum absolute atomic E-state index is 0.0271. The van der Waals surface area contributed by atoms with Gasteiger partial charge in [0.2, 0.25) is 0 Å². The summed E-state index contributed by atoms with van der Waals surface area (Å²) in [5.41, 5.74) is 2.33. The van der Waals surface area contributed by atoms with Gasteiger partial charge in [-0.2, -0.15) is 0 Å². The molecule has 1 aromatic heterocycles. The summed E-state index contributed by atoms with van der Waals surface area (Å²) < 4.78 is 0. The Balaban J connectivity index is 1.44. The van der Waals surface area contributed by atoms with Crippen molar-refractivity contribution in [2.24, 2.45) is 10.9 Å². The summed E-state index contributed by atoms with van der Waals surface area (Å²) in [5.74, 6) is 1.52. The molecule has 1 aliphatic rings. The van der Waals surface area contributed by atoms with Gasteiger partial charge in [0.05, 0.1) is 23.9 Å². The monoisotopic (exact) mass is 429 g/mol. The standard InChI is InChI=1S/C23H35N5OS/c1-3-24-23(26-14-21(16-29)20-7-5-4-6-8-20)25-13-19-9-11-28(12-10-19)15-22-17-30-18(2)27-22/h4-8,17,19,21,29H,3,9-16H2,1-2H3,(H2,24,25,26). The molecule has 1 unspecified atom stereocenters. The molecular formula is C23H35N5OS. The zero-order chi connectivity index (χ0) is 21.2. The Morgan fingerprint density at radius 3 is 2.67 bits per heavy atom. The van der Waals surface area contributed by atoms with E-state index in [9.17, 15) is 5.11 Å². The molecule has 164 valence electrons. The van der Waals surface area contributed by atoms with E-state index in [4.69, 9.17) is 4.99 Å². The van der Waals surface area contributed by atoms with Crippen molar-refractivity contribution in [1.29, 1.82) is 0 Å². The summed E-state index contributed by atoms with van der Waals surface area (Å²) >= 11 is 1.73. The third-order valence-electron chi connectivity index (χ3n) is 5.62. The number of rotatable bonds is 9. The summed E-state index contributed by atoms with van der Waals surface area (Å²) in [6, 6.07) is 10.1. The third kappa shape index (κ3) is 7.07. The van der Waals surface area contributed by atoms with Gasteiger partial charge in [0.25, 0.3) is 0 Å². The van der Waals surface area contributed by atoms with Crippen LogP contribution in [0.5, 0.6) is 0 Å². The Labute approximate surface area is 184 Å². The zero-order valence-electron chi connectivity index (χ0n) is 18.2. The average molecular weight is 430 g/mol. The normalized spacial score (nSPS) is 17.1. The van der Waals surface area contributed by atoms with Crippen LogP contribution in [0.1, 0.15) is 41.9 Å². The number of hydrogen-bond acceptors (Lipinski definition) is 5. The molecule has 0 spiro atoms. The van der Waals surface area contributed by atoms with Crippen LogP contribution in [0, 0.1) is 12.8 Å². The van der Waals surface area contributed by atoms with Gasteiger partial charge in [-0.15, -0.1) is 11.3 Å². The lowest BCUT2D eigenvalue weighted by Gasteiger charge is -2.31. The van der Waals surface area contributed by atoms with Crippen LogP contribution in [0.4, 0.5) is 0 Å². The maximum atomic E-state index is 9.77. The van der Waals surface area contributed by atoms with Gasteiger partial charge in [0, 0.05) is 30.9 Å². The number of likely N-dealkylation sites (tertiary alicyclic amines) is 1. The molecule has 30 heavy (non-hydrogen) atoms. The van der Waals surface area contributed by atoms with Crippen molar-refractivity contribution in [3.05, 3.63) is 52.0 Å². The fourth-order valence-electron chi connectivity index (χ4n) is 3.84. The Morgan fingerprint density at radius 2 is 2.03 bits per heavy atom. The van der Waals surface area contributed by atoms with Gasteiger partial charge in [-0.05, 0) is 51.3 Å². The molecule has 0 radical (unpaired) electrons. The molecule has 1 saturated heterocycles. The summed E-state index contributed by atoms with van der Waals surface area (Å²) in [6.07, 6.45) is 2.39. The van der Waals surface area contributed by atoms with Crippen LogP contribution in [0.2, 0.25) is 0 Å². The fraction of sp³-hybridized carbons (Fsp3) is 0.565. The average Bonchev–Trinajstić information content (AvgIpc) is 3.18. The fourth-order valence-corrected chi connectivity index (χ4v) is 4.44. The van der Waals surface area contributed by atoms with Crippen LogP contribution in [-0.2, 0) is 6.54 Å². The molecule has 1 fully saturated rings. The molecule has 3 N–H and O–H groups in total. The van der Waals surface area contributed by atoms with Crippen molar-refractivity contribution in [2.45, 2.75) is 39.2 Å². The Kier molecular flexibility index (Phi) is 9.11. The summed E-state index contributed by atoms with van der Waals surface area (Å²) in [4.78, 5) is 11.8. The number of aliphatic hydroxyl groups is 1. The van der Waals surface area contributed by atoms with Gasteiger partial charge < -0.3 is 15.7 Å². The summed E-state index contributed by atoms with van der Waals surface area (Å²) in [6.45, 7) is 9.79. The number of nitrogens with one attached hydrogen (secondary N) is 2. The largest absolute Gasteiger partial charge is 0.396 e. The second-order valence-electron chi connectivity index (χ2n) is 7.97. The lowest BCUT2D eigenvalue weighted by atomic mass is 9.97. The van der Waals surface area contributed by atoms with Crippen LogP contribution < -0.4 is 10.6 Å². The molecule has 3 rings (SSSR count). The van der Waals surface area contributed by atoms with E-state index in [1.54, 1.807) is 11.3 Å².